The van der Waals surface area contributed by atoms with Crippen LogP contribution in [0.3, 0.4) is 0 Å². The van der Waals surface area contributed by atoms with Crippen LogP contribution in [-0.4, -0.2) is 16.2 Å². The van der Waals surface area contributed by atoms with Gasteiger partial charge in [-0.3, -0.25) is 4.90 Å². The molecule has 6 nitrogen and oxygen atoms in total. The Morgan fingerprint density at radius 3 is 2.50 bits per heavy atom. The lowest BCUT2D eigenvalue weighted by Crippen LogP contribution is -2.46. The lowest BCUT2D eigenvalue weighted by molar-refractivity contribution is 0.244. The normalized spacial score (nSPS) is 16.4. The molecule has 160 valence electrons. The molecule has 1 atom stereocenters. The maximum Gasteiger partial charge on any atom is 0.326 e. The number of anilines is 1. The maximum atomic E-state index is 13.2. The average Bonchev–Trinajstić information content (AvgIpc) is 3.47. The van der Waals surface area contributed by atoms with E-state index in [-0.39, 0.29) is 6.03 Å². The van der Waals surface area contributed by atoms with Gasteiger partial charge in [-0.25, -0.2) is 4.79 Å². The first kappa shape index (κ1) is 20.5. The minimum atomic E-state index is -0.428. The van der Waals surface area contributed by atoms with Crippen molar-refractivity contribution in [1.82, 2.24) is 15.5 Å². The van der Waals surface area contributed by atoms with Crippen molar-refractivity contribution in [1.29, 1.82) is 0 Å². The van der Waals surface area contributed by atoms with Crippen LogP contribution in [0.25, 0.3) is 16.3 Å². The van der Waals surface area contributed by atoms with Crippen LogP contribution in [0.5, 0.6) is 0 Å². The molecule has 0 radical (unpaired) electrons. The minimum Gasteiger partial charge on any atom is -0.334 e. The SMILES string of the molecule is CC1=C(c2nc(-c3cccs3)no2)C(c2ccc(C)cc2)NC(=O)N1c1ccc(Cl)cc1. The van der Waals surface area contributed by atoms with Crippen LogP contribution in [-0.2, 0) is 0 Å². The number of halogens is 1. The number of hydrogen-bond acceptors (Lipinski definition) is 5. The summed E-state index contributed by atoms with van der Waals surface area (Å²) in [5.74, 6) is 0.892. The van der Waals surface area contributed by atoms with Gasteiger partial charge in [0.05, 0.1) is 22.2 Å². The molecule has 1 unspecified atom stereocenters. The molecule has 5 rings (SSSR count). The van der Waals surface area contributed by atoms with E-state index in [0.29, 0.717) is 28.1 Å². The summed E-state index contributed by atoms with van der Waals surface area (Å²) in [5, 5.41) is 9.86. The largest absolute Gasteiger partial charge is 0.334 e. The molecule has 3 heterocycles. The van der Waals surface area contributed by atoms with E-state index in [0.717, 1.165) is 21.6 Å². The zero-order valence-electron chi connectivity index (χ0n) is 17.4. The van der Waals surface area contributed by atoms with Gasteiger partial charge in [-0.05, 0) is 55.1 Å². The molecule has 8 heteroatoms. The van der Waals surface area contributed by atoms with Gasteiger partial charge in [-0.2, -0.15) is 4.98 Å². The number of aromatic nitrogens is 2. The number of aryl methyl sites for hydroxylation is 1. The topological polar surface area (TPSA) is 71.3 Å². The number of rotatable bonds is 4. The highest BCUT2D eigenvalue weighted by molar-refractivity contribution is 7.13. The highest BCUT2D eigenvalue weighted by Crippen LogP contribution is 2.39. The number of carbonyl (C=O) groups excluding carboxylic acids is 1. The molecule has 1 N–H and O–H groups in total. The molecule has 0 saturated heterocycles. The van der Waals surface area contributed by atoms with Gasteiger partial charge in [0.2, 0.25) is 5.82 Å². The van der Waals surface area contributed by atoms with Crippen molar-refractivity contribution in [2.75, 3.05) is 4.90 Å². The van der Waals surface area contributed by atoms with Gasteiger partial charge in [-0.15, -0.1) is 11.3 Å². The van der Waals surface area contributed by atoms with E-state index in [1.807, 2.05) is 55.6 Å². The summed E-state index contributed by atoms with van der Waals surface area (Å²) >= 11 is 7.59. The third-order valence-electron chi connectivity index (χ3n) is 5.38. The molecule has 1 aliphatic heterocycles. The number of nitrogens with one attached hydrogen (secondary N) is 1. The molecule has 0 saturated carbocycles. The maximum absolute atomic E-state index is 13.2. The lowest BCUT2D eigenvalue weighted by atomic mass is 9.94. The molecule has 0 bridgehead atoms. The number of benzene rings is 2. The van der Waals surface area contributed by atoms with Crippen molar-refractivity contribution in [2.24, 2.45) is 0 Å². The summed E-state index contributed by atoms with van der Waals surface area (Å²) in [6.45, 7) is 3.91. The number of amides is 2. The van der Waals surface area contributed by atoms with E-state index in [9.17, 15) is 4.79 Å². The first-order chi connectivity index (χ1) is 15.5. The molecule has 0 spiro atoms. The first-order valence-corrected chi connectivity index (χ1v) is 11.3. The Hall–Kier alpha value is -3.42. The summed E-state index contributed by atoms with van der Waals surface area (Å²) in [7, 11) is 0. The van der Waals surface area contributed by atoms with Crippen LogP contribution in [0, 0.1) is 6.92 Å². The molecular weight excluding hydrogens is 444 g/mol. The molecular formula is C24H19ClN4O2S. The highest BCUT2D eigenvalue weighted by Gasteiger charge is 2.36. The number of urea groups is 1. The van der Waals surface area contributed by atoms with Gasteiger partial charge in [0.25, 0.3) is 5.89 Å². The Labute approximate surface area is 194 Å². The molecule has 0 fully saturated rings. The van der Waals surface area contributed by atoms with Crippen LogP contribution in [0.4, 0.5) is 10.5 Å². The Bertz CT molecular complexity index is 1290. The van der Waals surface area contributed by atoms with Gasteiger partial charge in [0.1, 0.15) is 0 Å². The number of nitrogens with zero attached hydrogens (tertiary/aromatic N) is 3. The predicted molar refractivity (Wildman–Crippen MR) is 127 cm³/mol. The molecule has 2 aromatic carbocycles. The second kappa shape index (κ2) is 8.26. The highest BCUT2D eigenvalue weighted by atomic mass is 35.5. The Balaban J connectivity index is 1.66. The summed E-state index contributed by atoms with van der Waals surface area (Å²) in [5.41, 5.74) is 4.23. The standard InChI is InChI=1S/C24H19ClN4O2S/c1-14-5-7-16(8-6-14)21-20(23-27-22(28-31-23)19-4-3-13-32-19)15(2)29(24(30)26-21)18-11-9-17(25)10-12-18/h3-13,21H,1-2H3,(H,26,30). The van der Waals surface area contributed by atoms with Crippen molar-refractivity contribution in [2.45, 2.75) is 19.9 Å². The average molecular weight is 463 g/mol. The number of carbonyl (C=O) groups is 1. The summed E-state index contributed by atoms with van der Waals surface area (Å²) < 4.78 is 5.70. The third-order valence-corrected chi connectivity index (χ3v) is 6.50. The van der Waals surface area contributed by atoms with Crippen LogP contribution in [0.1, 0.15) is 30.0 Å². The second-order valence-corrected chi connectivity index (χ2v) is 8.89. The van der Waals surface area contributed by atoms with Gasteiger partial charge in [0, 0.05) is 10.7 Å². The Kier molecular flexibility index (Phi) is 5.28. The van der Waals surface area contributed by atoms with Gasteiger partial charge in [0.15, 0.2) is 0 Å². The summed E-state index contributed by atoms with van der Waals surface area (Å²) in [6.07, 6.45) is 0. The van der Waals surface area contributed by atoms with Gasteiger partial charge < -0.3 is 9.84 Å². The van der Waals surface area contributed by atoms with Crippen LogP contribution >= 0.6 is 22.9 Å². The summed E-state index contributed by atoms with van der Waals surface area (Å²) in [6, 6.07) is 18.4. The van der Waals surface area contributed by atoms with Crippen molar-refractivity contribution >= 4 is 40.2 Å². The van der Waals surface area contributed by atoms with E-state index < -0.39 is 6.04 Å². The smallest absolute Gasteiger partial charge is 0.326 e. The Morgan fingerprint density at radius 1 is 1.06 bits per heavy atom. The van der Waals surface area contributed by atoms with E-state index in [2.05, 4.69) is 15.5 Å². The van der Waals surface area contributed by atoms with Crippen LogP contribution < -0.4 is 10.2 Å². The van der Waals surface area contributed by atoms with Gasteiger partial charge >= 0.3 is 6.03 Å². The molecule has 0 aliphatic carbocycles. The number of thiophene rings is 1. The molecule has 2 aromatic heterocycles. The summed E-state index contributed by atoms with van der Waals surface area (Å²) in [4.78, 5) is 20.4. The molecule has 4 aromatic rings. The fourth-order valence-electron chi connectivity index (χ4n) is 3.77. The van der Waals surface area contributed by atoms with E-state index in [1.54, 1.807) is 40.5 Å². The lowest BCUT2D eigenvalue weighted by Gasteiger charge is -2.35. The Morgan fingerprint density at radius 2 is 1.81 bits per heavy atom. The quantitative estimate of drug-likeness (QED) is 0.377. The third kappa shape index (κ3) is 3.70. The molecule has 2 amide bonds. The van der Waals surface area contributed by atoms with Crippen LogP contribution in [0.15, 0.2) is 76.3 Å². The second-order valence-electron chi connectivity index (χ2n) is 7.50. The molecule has 1 aliphatic rings. The van der Waals surface area contributed by atoms with Crippen molar-refractivity contribution in [3.63, 3.8) is 0 Å². The monoisotopic (exact) mass is 462 g/mol. The first-order valence-electron chi connectivity index (χ1n) is 10.0. The molecule has 32 heavy (non-hydrogen) atoms. The van der Waals surface area contributed by atoms with Crippen LogP contribution in [0.2, 0.25) is 5.02 Å². The fourth-order valence-corrected chi connectivity index (χ4v) is 4.54. The zero-order chi connectivity index (χ0) is 22.2. The van der Waals surface area contributed by atoms with Crippen molar-refractivity contribution in [3.8, 4) is 10.7 Å². The fraction of sp³-hybridized carbons (Fsp3) is 0.125. The number of hydrogen-bond donors (Lipinski definition) is 1. The van der Waals surface area contributed by atoms with Gasteiger partial charge in [-0.1, -0.05) is 52.7 Å². The predicted octanol–water partition coefficient (Wildman–Crippen LogP) is 6.46. The van der Waals surface area contributed by atoms with Crippen molar-refractivity contribution < 1.29 is 9.32 Å². The zero-order valence-corrected chi connectivity index (χ0v) is 18.9. The number of allylic oxidation sites excluding steroid dienone is 1. The minimum absolute atomic E-state index is 0.239. The van der Waals surface area contributed by atoms with E-state index in [4.69, 9.17) is 16.1 Å². The van der Waals surface area contributed by atoms with Crippen molar-refractivity contribution in [3.05, 3.63) is 93.8 Å². The van der Waals surface area contributed by atoms with E-state index in [1.165, 1.54) is 0 Å². The van der Waals surface area contributed by atoms with E-state index >= 15 is 0 Å².